The molecule has 0 fully saturated rings. The van der Waals surface area contributed by atoms with Crippen molar-refractivity contribution in [1.29, 1.82) is 5.26 Å². The summed E-state index contributed by atoms with van der Waals surface area (Å²) in [6.07, 6.45) is -0.805. The van der Waals surface area contributed by atoms with Gasteiger partial charge in [0.2, 0.25) is 0 Å². The highest BCUT2D eigenvalue weighted by Crippen LogP contribution is 2.34. The molecule has 9 heteroatoms. The number of hydrogen-bond donors (Lipinski definition) is 1. The molecule has 3 aromatic rings. The van der Waals surface area contributed by atoms with Crippen LogP contribution in [0.5, 0.6) is 0 Å². The van der Waals surface area contributed by atoms with Crippen LogP contribution >= 0.6 is 0 Å². The number of aromatic amines is 1. The lowest BCUT2D eigenvalue weighted by molar-refractivity contribution is -0.139. The van der Waals surface area contributed by atoms with E-state index in [-0.39, 0.29) is 28.1 Å². The van der Waals surface area contributed by atoms with Gasteiger partial charge in [-0.1, -0.05) is 0 Å². The number of halogens is 3. The summed E-state index contributed by atoms with van der Waals surface area (Å²) in [6, 6.07) is 2.81. The van der Waals surface area contributed by atoms with Crippen molar-refractivity contribution >= 4 is 11.0 Å². The van der Waals surface area contributed by atoms with E-state index in [4.69, 9.17) is 5.26 Å². The van der Waals surface area contributed by atoms with Gasteiger partial charge in [-0.3, -0.25) is 0 Å². The molecule has 0 aromatic carbocycles. The molecule has 3 rings (SSSR count). The first-order chi connectivity index (χ1) is 9.99. The molecule has 104 valence electrons. The second-order valence-corrected chi connectivity index (χ2v) is 4.08. The van der Waals surface area contributed by atoms with Crippen LogP contribution in [0.1, 0.15) is 11.4 Å². The molecule has 0 radical (unpaired) electrons. The summed E-state index contributed by atoms with van der Waals surface area (Å²) in [6.45, 7) is 0. The van der Waals surface area contributed by atoms with E-state index in [0.29, 0.717) is 0 Å². The Kier molecular flexibility index (Phi) is 2.79. The molecule has 3 aromatic heterocycles. The van der Waals surface area contributed by atoms with Gasteiger partial charge in [0.1, 0.15) is 23.7 Å². The summed E-state index contributed by atoms with van der Waals surface area (Å²) in [5.74, 6) is -0.165. The number of H-pyrrole nitrogens is 1. The Bertz CT molecular complexity index is 847. The summed E-state index contributed by atoms with van der Waals surface area (Å²) in [7, 11) is 0. The van der Waals surface area contributed by atoms with Crippen molar-refractivity contribution in [2.75, 3.05) is 0 Å². The molecule has 0 saturated carbocycles. The molecule has 21 heavy (non-hydrogen) atoms. The molecular weight excluding hydrogens is 285 g/mol. The quantitative estimate of drug-likeness (QED) is 0.742. The zero-order valence-corrected chi connectivity index (χ0v) is 10.2. The van der Waals surface area contributed by atoms with E-state index in [2.05, 4.69) is 24.9 Å². The van der Waals surface area contributed by atoms with E-state index in [1.165, 1.54) is 18.7 Å². The molecule has 1 N–H and O–H groups in total. The van der Waals surface area contributed by atoms with Crippen LogP contribution in [0.3, 0.4) is 0 Å². The number of nitriles is 1. The van der Waals surface area contributed by atoms with Crippen molar-refractivity contribution in [3.63, 3.8) is 0 Å². The molecule has 0 bridgehead atoms. The van der Waals surface area contributed by atoms with E-state index in [1.807, 2.05) is 0 Å². The Hall–Kier alpha value is -3.02. The van der Waals surface area contributed by atoms with E-state index in [0.717, 1.165) is 6.07 Å². The molecule has 0 unspecified atom stereocenters. The predicted octanol–water partition coefficient (Wildman–Crippen LogP) is 2.31. The normalized spacial score (nSPS) is 11.5. The Morgan fingerprint density at radius 1 is 1.14 bits per heavy atom. The maximum absolute atomic E-state index is 13.1. The van der Waals surface area contributed by atoms with Gasteiger partial charge >= 0.3 is 6.18 Å². The Balaban J connectivity index is 2.32. The van der Waals surface area contributed by atoms with Crippen molar-refractivity contribution in [3.05, 3.63) is 36.2 Å². The number of fused-ring (bicyclic) bond motifs is 1. The van der Waals surface area contributed by atoms with Gasteiger partial charge in [-0.2, -0.15) is 18.4 Å². The average Bonchev–Trinajstić information content (AvgIpc) is 2.89. The number of alkyl halides is 3. The Labute approximate surface area is 115 Å². The van der Waals surface area contributed by atoms with Gasteiger partial charge in [-0.15, -0.1) is 0 Å². The van der Waals surface area contributed by atoms with Gasteiger partial charge in [0, 0.05) is 12.4 Å². The van der Waals surface area contributed by atoms with Crippen LogP contribution in [0.4, 0.5) is 13.2 Å². The van der Waals surface area contributed by atoms with Crippen LogP contribution in [0.15, 0.2) is 24.8 Å². The minimum atomic E-state index is -4.67. The molecule has 0 aliphatic rings. The fraction of sp³-hybridized carbons (Fsp3) is 0.0833. The molecule has 0 atom stereocenters. The van der Waals surface area contributed by atoms with Gasteiger partial charge in [0.05, 0.1) is 10.9 Å². The number of nitrogens with zero attached hydrogens (tertiary/aromatic N) is 5. The van der Waals surface area contributed by atoms with Gasteiger partial charge in [-0.05, 0) is 6.07 Å². The standard InChI is InChI=1S/C12H5F3N6/c13-12(14,15)9-8-1-7(2-16)19-11(8)21-10(20-9)6-3-17-5-18-4-6/h1,3-5H,(H,19,20,21). The van der Waals surface area contributed by atoms with Crippen molar-refractivity contribution in [2.24, 2.45) is 0 Å². The first-order valence-electron chi connectivity index (χ1n) is 5.62. The summed E-state index contributed by atoms with van der Waals surface area (Å²) >= 11 is 0. The molecule has 0 amide bonds. The largest absolute Gasteiger partial charge is 0.434 e. The average molecular weight is 290 g/mol. The summed E-state index contributed by atoms with van der Waals surface area (Å²) < 4.78 is 39.3. The molecule has 6 nitrogen and oxygen atoms in total. The topological polar surface area (TPSA) is 91.1 Å². The molecule has 3 heterocycles. The molecule has 0 saturated heterocycles. The highest BCUT2D eigenvalue weighted by Gasteiger charge is 2.36. The predicted molar refractivity (Wildman–Crippen MR) is 64.6 cm³/mol. The van der Waals surface area contributed by atoms with Crippen LogP contribution in [-0.4, -0.2) is 24.9 Å². The first-order valence-corrected chi connectivity index (χ1v) is 5.62. The summed E-state index contributed by atoms with van der Waals surface area (Å²) in [5.41, 5.74) is -0.943. The maximum Gasteiger partial charge on any atom is 0.434 e. The Morgan fingerprint density at radius 3 is 2.48 bits per heavy atom. The third-order valence-corrected chi connectivity index (χ3v) is 2.70. The minimum absolute atomic E-state index is 0.0220. The van der Waals surface area contributed by atoms with Gasteiger partial charge in [-0.25, -0.2) is 19.9 Å². The zero-order valence-electron chi connectivity index (χ0n) is 10.2. The maximum atomic E-state index is 13.1. The van der Waals surface area contributed by atoms with Crippen LogP contribution < -0.4 is 0 Å². The van der Waals surface area contributed by atoms with Crippen LogP contribution in [-0.2, 0) is 6.18 Å². The number of nitrogens with one attached hydrogen (secondary N) is 1. The highest BCUT2D eigenvalue weighted by atomic mass is 19.4. The molecule has 0 aliphatic heterocycles. The number of hydrogen-bond acceptors (Lipinski definition) is 5. The smallest absolute Gasteiger partial charge is 0.331 e. The summed E-state index contributed by atoms with van der Waals surface area (Å²) in [4.78, 5) is 17.5. The van der Waals surface area contributed by atoms with Crippen molar-refractivity contribution in [1.82, 2.24) is 24.9 Å². The van der Waals surface area contributed by atoms with Gasteiger partial charge in [0.25, 0.3) is 0 Å². The molecular formula is C12H5F3N6. The minimum Gasteiger partial charge on any atom is -0.331 e. The lowest BCUT2D eigenvalue weighted by Crippen LogP contribution is -2.10. The van der Waals surface area contributed by atoms with Crippen LogP contribution in [0.2, 0.25) is 0 Å². The first kappa shape index (κ1) is 13.0. The second kappa shape index (κ2) is 4.52. The third-order valence-electron chi connectivity index (χ3n) is 2.70. The number of rotatable bonds is 1. The monoisotopic (exact) mass is 290 g/mol. The molecule has 0 spiro atoms. The highest BCUT2D eigenvalue weighted by molar-refractivity contribution is 5.82. The fourth-order valence-corrected chi connectivity index (χ4v) is 1.83. The zero-order chi connectivity index (χ0) is 15.0. The van der Waals surface area contributed by atoms with Crippen LogP contribution in [0, 0.1) is 11.3 Å². The van der Waals surface area contributed by atoms with E-state index in [1.54, 1.807) is 6.07 Å². The van der Waals surface area contributed by atoms with Crippen molar-refractivity contribution in [3.8, 4) is 17.5 Å². The summed E-state index contributed by atoms with van der Waals surface area (Å²) in [5, 5.41) is 8.54. The third kappa shape index (κ3) is 2.27. The van der Waals surface area contributed by atoms with Crippen molar-refractivity contribution in [2.45, 2.75) is 6.18 Å². The van der Waals surface area contributed by atoms with Crippen LogP contribution in [0.25, 0.3) is 22.4 Å². The fourth-order valence-electron chi connectivity index (χ4n) is 1.83. The Morgan fingerprint density at radius 2 is 1.86 bits per heavy atom. The molecule has 0 aliphatic carbocycles. The van der Waals surface area contributed by atoms with E-state index >= 15 is 0 Å². The second-order valence-electron chi connectivity index (χ2n) is 4.08. The SMILES string of the molecule is N#Cc1cc2c(C(F)(F)F)nc(-c3cncnc3)nc2[nH]1. The van der Waals surface area contributed by atoms with Gasteiger partial charge in [0.15, 0.2) is 11.5 Å². The van der Waals surface area contributed by atoms with Crippen molar-refractivity contribution < 1.29 is 13.2 Å². The lowest BCUT2D eigenvalue weighted by Gasteiger charge is -2.08. The van der Waals surface area contributed by atoms with E-state index in [9.17, 15) is 13.2 Å². The van der Waals surface area contributed by atoms with E-state index < -0.39 is 11.9 Å². The lowest BCUT2D eigenvalue weighted by atomic mass is 10.2. The number of aromatic nitrogens is 5. The van der Waals surface area contributed by atoms with Gasteiger partial charge < -0.3 is 4.98 Å².